The minimum atomic E-state index is -4.76. The highest BCUT2D eigenvalue weighted by atomic mass is 31.2. The van der Waals surface area contributed by atoms with Crippen molar-refractivity contribution in [2.45, 2.75) is 226 Å². The van der Waals surface area contributed by atoms with E-state index in [1.165, 1.54) is 44.9 Å². The van der Waals surface area contributed by atoms with E-state index < -0.39 is 57.8 Å². The highest BCUT2D eigenvalue weighted by molar-refractivity contribution is 7.47. The van der Waals surface area contributed by atoms with Gasteiger partial charge in [0, 0.05) is 19.3 Å². The average molecular weight is 1000 g/mol. The Hall–Kier alpha value is -3.60. The van der Waals surface area contributed by atoms with Gasteiger partial charge in [-0.05, 0) is 89.9 Å². The third-order valence-corrected chi connectivity index (χ3v) is 12.0. The van der Waals surface area contributed by atoms with Gasteiger partial charge in [0.05, 0.1) is 19.8 Å². The van der Waals surface area contributed by atoms with Gasteiger partial charge in [-0.2, -0.15) is 0 Å². The van der Waals surface area contributed by atoms with Gasteiger partial charge in [0.1, 0.15) is 12.7 Å². The number of hydrogen-bond donors (Lipinski definition) is 2. The van der Waals surface area contributed by atoms with Gasteiger partial charge in [0.25, 0.3) is 0 Å². The molecule has 0 saturated carbocycles. The molecule has 3 unspecified atom stereocenters. The van der Waals surface area contributed by atoms with Crippen molar-refractivity contribution in [1.29, 1.82) is 0 Å². The summed E-state index contributed by atoms with van der Waals surface area (Å²) in [5, 5.41) is 9.79. The standard InChI is InChI=1S/C58H97O11P/c1-4-7-10-13-16-19-21-23-25-27-29-31-33-36-39-42-45-48-57(61)68-54(50-59)52-66-70(63,64)67-53-55(51-65-56(60)47-44-41-38-35-18-15-12-9-6-3)69-58(62)49-46-43-40-37-34-32-30-28-26-24-22-20-17-14-11-8-5-2/h7-8,10-11,16-17,19-20,23-26,30,32,37,40,54-55,59H,4-6,9,12-15,18,21-22,27-29,31,33-36,38-39,41-53H2,1-3H3,(H,63,64)/b10-7-,11-8-,19-16-,20-17-,25-23-,26-24-,32-30-,40-37-. The molecule has 0 aromatic carbocycles. The number of unbranched alkanes of at least 4 members (excludes halogenated alkanes) is 16. The summed E-state index contributed by atoms with van der Waals surface area (Å²) in [7, 11) is -4.76. The molecule has 0 aliphatic heterocycles. The second kappa shape index (κ2) is 51.7. The second-order valence-corrected chi connectivity index (χ2v) is 19.1. The summed E-state index contributed by atoms with van der Waals surface area (Å²) < 4.78 is 39.3. The Balaban J connectivity index is 4.74. The summed E-state index contributed by atoms with van der Waals surface area (Å²) in [6, 6.07) is 0. The number of esters is 3. The van der Waals surface area contributed by atoms with Crippen molar-refractivity contribution in [2.24, 2.45) is 0 Å². The van der Waals surface area contributed by atoms with Crippen LogP contribution in [0.2, 0.25) is 0 Å². The summed E-state index contributed by atoms with van der Waals surface area (Å²) in [5.74, 6) is -1.55. The average Bonchev–Trinajstić information content (AvgIpc) is 3.35. The van der Waals surface area contributed by atoms with Crippen molar-refractivity contribution < 1.29 is 52.2 Å². The van der Waals surface area contributed by atoms with Crippen molar-refractivity contribution >= 4 is 25.7 Å². The Bertz CT molecular complexity index is 1540. The molecule has 70 heavy (non-hydrogen) atoms. The van der Waals surface area contributed by atoms with Gasteiger partial charge in [-0.3, -0.25) is 23.4 Å². The number of phosphoric acid groups is 1. The lowest BCUT2D eigenvalue weighted by Gasteiger charge is -2.21. The summed E-state index contributed by atoms with van der Waals surface area (Å²) >= 11 is 0. The fourth-order valence-corrected chi connectivity index (χ4v) is 7.72. The minimum Gasteiger partial charge on any atom is -0.462 e. The number of carbonyl (C=O) groups excluding carboxylic acids is 3. The van der Waals surface area contributed by atoms with E-state index in [4.69, 9.17) is 23.3 Å². The summed E-state index contributed by atoms with van der Waals surface area (Å²) in [6.07, 6.45) is 59.6. The molecular formula is C58H97O11P. The Morgan fingerprint density at radius 3 is 1.20 bits per heavy atom. The lowest BCUT2D eigenvalue weighted by atomic mass is 10.1. The van der Waals surface area contributed by atoms with Gasteiger partial charge in [-0.1, -0.05) is 201 Å². The summed E-state index contributed by atoms with van der Waals surface area (Å²) in [6.45, 7) is 4.30. The minimum absolute atomic E-state index is 0.0860. The fraction of sp³-hybridized carbons (Fsp3) is 0.672. The molecule has 0 radical (unpaired) electrons. The maximum absolute atomic E-state index is 12.9. The van der Waals surface area contributed by atoms with Gasteiger partial charge < -0.3 is 24.2 Å². The Kier molecular flexibility index (Phi) is 49.1. The van der Waals surface area contributed by atoms with E-state index in [9.17, 15) is 28.9 Å². The molecule has 0 amide bonds. The number of hydrogen-bond acceptors (Lipinski definition) is 10. The molecule has 2 N–H and O–H groups in total. The quantitative estimate of drug-likeness (QED) is 0.0197. The molecule has 3 atom stereocenters. The van der Waals surface area contributed by atoms with E-state index in [0.29, 0.717) is 25.7 Å². The van der Waals surface area contributed by atoms with Crippen molar-refractivity contribution in [1.82, 2.24) is 0 Å². The Labute approximate surface area is 425 Å². The molecule has 400 valence electrons. The van der Waals surface area contributed by atoms with Crippen LogP contribution in [0.3, 0.4) is 0 Å². The predicted molar refractivity (Wildman–Crippen MR) is 288 cm³/mol. The second-order valence-electron chi connectivity index (χ2n) is 17.6. The maximum Gasteiger partial charge on any atom is 0.472 e. The van der Waals surface area contributed by atoms with Crippen LogP contribution in [-0.4, -0.2) is 66.5 Å². The van der Waals surface area contributed by atoms with Gasteiger partial charge in [0.15, 0.2) is 6.10 Å². The van der Waals surface area contributed by atoms with E-state index in [1.807, 2.05) is 12.2 Å². The highest BCUT2D eigenvalue weighted by Gasteiger charge is 2.28. The zero-order chi connectivity index (χ0) is 51.3. The van der Waals surface area contributed by atoms with Crippen molar-refractivity contribution in [3.63, 3.8) is 0 Å². The summed E-state index contributed by atoms with van der Waals surface area (Å²) in [5.41, 5.74) is 0. The molecule has 0 saturated heterocycles. The van der Waals surface area contributed by atoms with Crippen LogP contribution in [0.1, 0.15) is 213 Å². The molecule has 0 spiro atoms. The molecule has 0 fully saturated rings. The lowest BCUT2D eigenvalue weighted by molar-refractivity contribution is -0.161. The van der Waals surface area contributed by atoms with Crippen molar-refractivity contribution in [2.75, 3.05) is 26.4 Å². The van der Waals surface area contributed by atoms with Crippen LogP contribution in [-0.2, 0) is 42.2 Å². The van der Waals surface area contributed by atoms with Crippen LogP contribution in [0.25, 0.3) is 0 Å². The number of phosphoric ester groups is 1. The van der Waals surface area contributed by atoms with Crippen LogP contribution in [0, 0.1) is 0 Å². The first-order valence-corrected chi connectivity index (χ1v) is 28.6. The first-order valence-electron chi connectivity index (χ1n) is 27.1. The van der Waals surface area contributed by atoms with Crippen LogP contribution in [0.5, 0.6) is 0 Å². The predicted octanol–water partition coefficient (Wildman–Crippen LogP) is 15.7. The van der Waals surface area contributed by atoms with Crippen LogP contribution < -0.4 is 0 Å². The molecule has 0 heterocycles. The van der Waals surface area contributed by atoms with Crippen molar-refractivity contribution in [3.05, 3.63) is 97.2 Å². The number of ether oxygens (including phenoxy) is 3. The molecule has 0 aromatic heterocycles. The number of aliphatic hydroxyl groups excluding tert-OH is 1. The van der Waals surface area contributed by atoms with E-state index in [0.717, 1.165) is 103 Å². The maximum atomic E-state index is 12.9. The van der Waals surface area contributed by atoms with E-state index in [-0.39, 0.29) is 25.9 Å². The number of aliphatic hydroxyl groups is 1. The smallest absolute Gasteiger partial charge is 0.462 e. The van der Waals surface area contributed by atoms with Gasteiger partial charge in [-0.15, -0.1) is 0 Å². The molecule has 0 aliphatic carbocycles. The molecule has 0 aromatic rings. The third-order valence-electron chi connectivity index (χ3n) is 11.0. The zero-order valence-electron chi connectivity index (χ0n) is 43.9. The van der Waals surface area contributed by atoms with Crippen LogP contribution in [0.15, 0.2) is 97.2 Å². The molecule has 0 bridgehead atoms. The number of allylic oxidation sites excluding steroid dienone is 16. The first-order chi connectivity index (χ1) is 34.2. The van der Waals surface area contributed by atoms with Crippen LogP contribution >= 0.6 is 7.82 Å². The number of carbonyl (C=O) groups is 3. The lowest BCUT2D eigenvalue weighted by Crippen LogP contribution is -2.30. The highest BCUT2D eigenvalue weighted by Crippen LogP contribution is 2.43. The van der Waals surface area contributed by atoms with E-state index >= 15 is 0 Å². The molecular weight excluding hydrogens is 904 g/mol. The third kappa shape index (κ3) is 49.4. The van der Waals surface area contributed by atoms with Gasteiger partial charge >= 0.3 is 25.7 Å². The van der Waals surface area contributed by atoms with Gasteiger partial charge in [-0.25, -0.2) is 4.57 Å². The van der Waals surface area contributed by atoms with Crippen LogP contribution in [0.4, 0.5) is 0 Å². The monoisotopic (exact) mass is 1000 g/mol. The fourth-order valence-electron chi connectivity index (χ4n) is 6.93. The largest absolute Gasteiger partial charge is 0.472 e. The summed E-state index contributed by atoms with van der Waals surface area (Å²) in [4.78, 5) is 48.3. The van der Waals surface area contributed by atoms with Gasteiger partial charge in [0.2, 0.25) is 0 Å². The normalized spacial score (nSPS) is 14.2. The molecule has 0 rings (SSSR count). The molecule has 11 nitrogen and oxygen atoms in total. The Morgan fingerprint density at radius 2 is 0.757 bits per heavy atom. The van der Waals surface area contributed by atoms with E-state index in [1.54, 1.807) is 0 Å². The van der Waals surface area contributed by atoms with Crippen molar-refractivity contribution in [3.8, 4) is 0 Å². The molecule has 12 heteroatoms. The topological polar surface area (TPSA) is 155 Å². The zero-order valence-corrected chi connectivity index (χ0v) is 44.8. The SMILES string of the molecule is CC/C=C\C/C=C\C/C=C\C/C=C\C/C=C\CCCC(=O)OC(COC(=O)CCCCCCCCCCC)COP(=O)(O)OCC(CO)OC(=O)CCCCCCCCC/C=C\C/C=C\C/C=C\CC. The number of rotatable bonds is 49. The Morgan fingerprint density at radius 1 is 0.414 bits per heavy atom. The van der Waals surface area contributed by atoms with E-state index in [2.05, 4.69) is 106 Å². The first kappa shape index (κ1) is 66.4. The molecule has 0 aliphatic rings.